The lowest BCUT2D eigenvalue weighted by molar-refractivity contribution is -0.124. The van der Waals surface area contributed by atoms with E-state index in [1.807, 2.05) is 86.3 Å². The summed E-state index contributed by atoms with van der Waals surface area (Å²) in [7, 11) is 0. The molecule has 6 nitrogen and oxygen atoms in total. The van der Waals surface area contributed by atoms with Gasteiger partial charge in [-0.3, -0.25) is 9.59 Å². The Morgan fingerprint density at radius 3 is 2.39 bits per heavy atom. The minimum Gasteiger partial charge on any atom is -0.490 e. The van der Waals surface area contributed by atoms with Crippen LogP contribution in [0, 0.1) is 6.92 Å². The number of nitrogens with zero attached hydrogens (tertiary/aromatic N) is 1. The standard InChI is InChI=1S/C30H32N2O4/c1-4-35-25-16-21-14-15-32-28(24(21)17-26(25)36-5-2)27(22-8-6-7-9-23(22)30(32)34)29(33)31-18-20-12-10-19(3)11-13-20/h6-13,16-17,27-28H,4-5,14-15,18H2,1-3H3,(H,31,33)/t27-,28+/m0/s1. The summed E-state index contributed by atoms with van der Waals surface area (Å²) in [6.45, 7) is 7.93. The first kappa shape index (κ1) is 23.9. The normalized spacial score (nSPS) is 18.1. The fourth-order valence-corrected chi connectivity index (χ4v) is 5.36. The van der Waals surface area contributed by atoms with Gasteiger partial charge in [0.15, 0.2) is 11.5 Å². The van der Waals surface area contributed by atoms with E-state index in [4.69, 9.17) is 9.47 Å². The Labute approximate surface area is 212 Å². The first-order valence-corrected chi connectivity index (χ1v) is 12.7. The van der Waals surface area contributed by atoms with Crippen LogP contribution in [0.1, 0.15) is 64.0 Å². The Kier molecular flexibility index (Phi) is 6.68. The molecule has 0 bridgehead atoms. The van der Waals surface area contributed by atoms with Crippen molar-refractivity contribution in [3.63, 3.8) is 0 Å². The molecule has 5 rings (SSSR count). The fraction of sp³-hybridized carbons (Fsp3) is 0.333. The van der Waals surface area contributed by atoms with Crippen molar-refractivity contribution in [3.8, 4) is 11.5 Å². The second-order valence-electron chi connectivity index (χ2n) is 9.33. The molecule has 0 aromatic heterocycles. The molecule has 36 heavy (non-hydrogen) atoms. The van der Waals surface area contributed by atoms with E-state index in [0.29, 0.717) is 49.8 Å². The molecular formula is C30H32N2O4. The number of aryl methyl sites for hydroxylation is 1. The Balaban J connectivity index is 1.57. The van der Waals surface area contributed by atoms with Crippen molar-refractivity contribution in [2.45, 2.75) is 45.7 Å². The molecule has 186 valence electrons. The largest absolute Gasteiger partial charge is 0.490 e. The zero-order chi connectivity index (χ0) is 25.2. The Hall–Kier alpha value is -3.80. The summed E-state index contributed by atoms with van der Waals surface area (Å²) >= 11 is 0. The lowest BCUT2D eigenvalue weighted by Gasteiger charge is -2.45. The maximum absolute atomic E-state index is 13.8. The van der Waals surface area contributed by atoms with Crippen LogP contribution in [0.5, 0.6) is 11.5 Å². The molecule has 6 heteroatoms. The summed E-state index contributed by atoms with van der Waals surface area (Å²) < 4.78 is 11.8. The first-order valence-electron chi connectivity index (χ1n) is 12.7. The van der Waals surface area contributed by atoms with Crippen LogP contribution in [0.3, 0.4) is 0 Å². The third kappa shape index (κ3) is 4.32. The van der Waals surface area contributed by atoms with Crippen molar-refractivity contribution in [1.82, 2.24) is 10.2 Å². The number of hydrogen-bond acceptors (Lipinski definition) is 4. The molecule has 0 radical (unpaired) electrons. The molecule has 0 unspecified atom stereocenters. The smallest absolute Gasteiger partial charge is 0.254 e. The third-order valence-corrected chi connectivity index (χ3v) is 7.05. The number of amides is 2. The van der Waals surface area contributed by atoms with E-state index in [9.17, 15) is 9.59 Å². The average molecular weight is 485 g/mol. The summed E-state index contributed by atoms with van der Waals surface area (Å²) in [5, 5.41) is 3.15. The summed E-state index contributed by atoms with van der Waals surface area (Å²) in [6.07, 6.45) is 0.698. The van der Waals surface area contributed by atoms with E-state index in [2.05, 4.69) is 5.32 Å². The summed E-state index contributed by atoms with van der Waals surface area (Å²) in [4.78, 5) is 29.3. The van der Waals surface area contributed by atoms with Gasteiger partial charge in [-0.05, 0) is 67.6 Å². The van der Waals surface area contributed by atoms with Crippen molar-refractivity contribution < 1.29 is 19.1 Å². The highest BCUT2D eigenvalue weighted by Gasteiger charge is 2.46. The minimum atomic E-state index is -0.532. The molecule has 3 aromatic rings. The van der Waals surface area contributed by atoms with Gasteiger partial charge in [0, 0.05) is 18.7 Å². The molecule has 3 aromatic carbocycles. The van der Waals surface area contributed by atoms with Gasteiger partial charge in [-0.1, -0.05) is 48.0 Å². The number of ether oxygens (including phenoxy) is 2. The van der Waals surface area contributed by atoms with Crippen LogP contribution in [-0.2, 0) is 17.8 Å². The Morgan fingerprint density at radius 2 is 1.67 bits per heavy atom. The maximum Gasteiger partial charge on any atom is 0.254 e. The number of benzene rings is 3. The molecule has 2 aliphatic heterocycles. The second kappa shape index (κ2) is 10.1. The highest BCUT2D eigenvalue weighted by atomic mass is 16.5. The molecule has 2 atom stereocenters. The van der Waals surface area contributed by atoms with Gasteiger partial charge in [-0.25, -0.2) is 0 Å². The Bertz CT molecular complexity index is 1280. The highest BCUT2D eigenvalue weighted by Crippen LogP contribution is 2.48. The summed E-state index contributed by atoms with van der Waals surface area (Å²) in [5.41, 5.74) is 5.62. The van der Waals surface area contributed by atoms with Crippen molar-refractivity contribution in [2.24, 2.45) is 0 Å². The predicted octanol–water partition coefficient (Wildman–Crippen LogP) is 4.95. The lowest BCUT2D eigenvalue weighted by atomic mass is 9.75. The van der Waals surface area contributed by atoms with Gasteiger partial charge in [0.1, 0.15) is 0 Å². The van der Waals surface area contributed by atoms with Crippen LogP contribution >= 0.6 is 0 Å². The number of nitrogens with one attached hydrogen (secondary N) is 1. The minimum absolute atomic E-state index is 0.0318. The van der Waals surface area contributed by atoms with Gasteiger partial charge in [0.25, 0.3) is 5.91 Å². The van der Waals surface area contributed by atoms with Crippen molar-refractivity contribution in [2.75, 3.05) is 19.8 Å². The van der Waals surface area contributed by atoms with Crippen LogP contribution in [0.25, 0.3) is 0 Å². The predicted molar refractivity (Wildman–Crippen MR) is 138 cm³/mol. The van der Waals surface area contributed by atoms with E-state index >= 15 is 0 Å². The average Bonchev–Trinajstić information content (AvgIpc) is 2.89. The molecule has 2 amide bonds. The number of rotatable bonds is 7. The zero-order valence-electron chi connectivity index (χ0n) is 21.0. The quantitative estimate of drug-likeness (QED) is 0.516. The molecule has 0 fully saturated rings. The van der Waals surface area contributed by atoms with Gasteiger partial charge in [-0.15, -0.1) is 0 Å². The maximum atomic E-state index is 13.8. The van der Waals surface area contributed by atoms with Crippen LogP contribution in [0.15, 0.2) is 60.7 Å². The first-order chi connectivity index (χ1) is 17.5. The van der Waals surface area contributed by atoms with Crippen molar-refractivity contribution >= 4 is 11.8 Å². The van der Waals surface area contributed by atoms with Gasteiger partial charge in [0.2, 0.25) is 5.91 Å². The van der Waals surface area contributed by atoms with E-state index in [1.54, 1.807) is 0 Å². The van der Waals surface area contributed by atoms with Crippen LogP contribution in [-0.4, -0.2) is 36.5 Å². The molecular weight excluding hydrogens is 452 g/mol. The molecule has 0 saturated carbocycles. The van der Waals surface area contributed by atoms with Gasteiger partial charge >= 0.3 is 0 Å². The van der Waals surface area contributed by atoms with Crippen LogP contribution < -0.4 is 14.8 Å². The molecule has 1 N–H and O–H groups in total. The fourth-order valence-electron chi connectivity index (χ4n) is 5.36. The molecule has 2 heterocycles. The number of carbonyl (C=O) groups is 2. The Morgan fingerprint density at radius 1 is 0.972 bits per heavy atom. The summed E-state index contributed by atoms with van der Waals surface area (Å²) in [6, 6.07) is 19.2. The van der Waals surface area contributed by atoms with Crippen LogP contribution in [0.2, 0.25) is 0 Å². The molecule has 0 aliphatic carbocycles. The van der Waals surface area contributed by atoms with Crippen molar-refractivity contribution in [3.05, 3.63) is 94.0 Å². The summed E-state index contributed by atoms with van der Waals surface area (Å²) in [5.74, 6) is 0.691. The van der Waals surface area contributed by atoms with E-state index < -0.39 is 12.0 Å². The van der Waals surface area contributed by atoms with E-state index in [1.165, 1.54) is 5.56 Å². The van der Waals surface area contributed by atoms with E-state index in [-0.39, 0.29) is 11.8 Å². The molecule has 0 saturated heterocycles. The van der Waals surface area contributed by atoms with Gasteiger partial charge < -0.3 is 19.7 Å². The number of hydrogen-bond donors (Lipinski definition) is 1. The third-order valence-electron chi connectivity index (χ3n) is 7.05. The van der Waals surface area contributed by atoms with Gasteiger partial charge in [-0.2, -0.15) is 0 Å². The topological polar surface area (TPSA) is 67.9 Å². The van der Waals surface area contributed by atoms with Crippen LogP contribution in [0.4, 0.5) is 0 Å². The number of carbonyl (C=O) groups excluding carboxylic acids is 2. The second-order valence-corrected chi connectivity index (χ2v) is 9.33. The number of fused-ring (bicyclic) bond motifs is 4. The SMILES string of the molecule is CCOc1cc2c(cc1OCC)[C@@H]1[C@@H](C(=O)NCc3ccc(C)cc3)c3ccccc3C(=O)N1CC2. The monoisotopic (exact) mass is 484 g/mol. The molecule has 2 aliphatic rings. The zero-order valence-corrected chi connectivity index (χ0v) is 21.0. The lowest BCUT2D eigenvalue weighted by Crippen LogP contribution is -2.50. The van der Waals surface area contributed by atoms with E-state index in [0.717, 1.165) is 22.3 Å². The highest BCUT2D eigenvalue weighted by molar-refractivity contribution is 6.01. The molecule has 0 spiro atoms. The van der Waals surface area contributed by atoms with Crippen molar-refractivity contribution in [1.29, 1.82) is 0 Å². The van der Waals surface area contributed by atoms with Gasteiger partial charge in [0.05, 0.1) is 25.2 Å².